The zero-order chi connectivity index (χ0) is 33.3. The highest BCUT2D eigenvalue weighted by molar-refractivity contribution is 6.17. The van der Waals surface area contributed by atoms with Crippen LogP contribution in [-0.2, 0) is 0 Å². The fourth-order valence-corrected chi connectivity index (χ4v) is 6.83. The Bertz CT molecular complexity index is 2610. The summed E-state index contributed by atoms with van der Waals surface area (Å²) in [5.41, 5.74) is 12.5. The molecule has 0 amide bonds. The van der Waals surface area contributed by atoms with E-state index in [2.05, 4.69) is 158 Å². The van der Waals surface area contributed by atoms with E-state index < -0.39 is 0 Å². The fraction of sp³-hybridized carbons (Fsp3) is 0. The molecule has 0 spiro atoms. The van der Waals surface area contributed by atoms with Crippen LogP contribution in [0.1, 0.15) is 0 Å². The molecular weight excluding hydrogens is 607 g/mol. The molecule has 0 aliphatic heterocycles. The molecule has 7 aromatic carbocycles. The smallest absolute Gasteiger partial charge is 0.160 e. The second kappa shape index (κ2) is 12.7. The van der Waals surface area contributed by atoms with Crippen LogP contribution < -0.4 is 0 Å². The number of para-hydroxylation sites is 1. The van der Waals surface area contributed by atoms with Gasteiger partial charge in [-0.05, 0) is 40.5 Å². The molecule has 3 nitrogen and oxygen atoms in total. The number of nitrogens with zero attached hydrogens (tertiary/aromatic N) is 3. The molecule has 0 bridgehead atoms. The van der Waals surface area contributed by atoms with Gasteiger partial charge < -0.3 is 0 Å². The van der Waals surface area contributed by atoms with Crippen LogP contribution in [0.3, 0.4) is 0 Å². The van der Waals surface area contributed by atoms with E-state index in [0.29, 0.717) is 5.82 Å². The van der Waals surface area contributed by atoms with Gasteiger partial charge in [0.1, 0.15) is 0 Å². The van der Waals surface area contributed by atoms with Crippen molar-refractivity contribution in [3.63, 3.8) is 0 Å². The van der Waals surface area contributed by atoms with Crippen LogP contribution in [0.15, 0.2) is 188 Å². The van der Waals surface area contributed by atoms with Gasteiger partial charge in [0.15, 0.2) is 5.82 Å². The molecule has 2 aromatic heterocycles. The first-order valence-electron chi connectivity index (χ1n) is 16.9. The van der Waals surface area contributed by atoms with Gasteiger partial charge in [0.2, 0.25) is 0 Å². The van der Waals surface area contributed by atoms with Crippen molar-refractivity contribution in [1.29, 1.82) is 0 Å². The minimum atomic E-state index is 0.699. The summed E-state index contributed by atoms with van der Waals surface area (Å²) in [6.45, 7) is 0. The lowest BCUT2D eigenvalue weighted by molar-refractivity contribution is 1.18. The quantitative estimate of drug-likeness (QED) is 0.170. The van der Waals surface area contributed by atoms with Gasteiger partial charge in [-0.25, -0.2) is 15.0 Å². The molecule has 0 unspecified atom stereocenters. The molecular formula is C47H31N3. The second-order valence-electron chi connectivity index (χ2n) is 12.4. The number of rotatable bonds is 6. The van der Waals surface area contributed by atoms with Crippen molar-refractivity contribution in [1.82, 2.24) is 15.0 Å². The maximum atomic E-state index is 5.15. The number of hydrogen-bond donors (Lipinski definition) is 0. The first-order valence-corrected chi connectivity index (χ1v) is 16.9. The number of hydrogen-bond acceptors (Lipinski definition) is 3. The van der Waals surface area contributed by atoms with Gasteiger partial charge in [-0.2, -0.15) is 0 Å². The lowest BCUT2D eigenvalue weighted by Crippen LogP contribution is -1.96. The highest BCUT2D eigenvalue weighted by Crippen LogP contribution is 2.39. The van der Waals surface area contributed by atoms with Crippen LogP contribution in [0.25, 0.3) is 89.1 Å². The molecule has 0 radical (unpaired) electrons. The Morgan fingerprint density at radius 2 is 0.820 bits per heavy atom. The molecule has 50 heavy (non-hydrogen) atoms. The SMILES string of the molecule is c1ccc(-c2cccc(-c3nc(-c4ccccc4)cc(-c4ccc(-c5cccc6c(-c7ccccc7)nc7ccccc7c56)cc4)n3)c2)cc1. The lowest BCUT2D eigenvalue weighted by Gasteiger charge is -2.15. The monoisotopic (exact) mass is 637 g/mol. The molecule has 0 N–H and O–H groups in total. The first kappa shape index (κ1) is 29.4. The Kier molecular flexibility index (Phi) is 7.49. The van der Waals surface area contributed by atoms with Gasteiger partial charge in [-0.3, -0.25) is 0 Å². The third kappa shape index (κ3) is 5.51. The summed E-state index contributed by atoms with van der Waals surface area (Å²) in [6.07, 6.45) is 0. The van der Waals surface area contributed by atoms with Crippen molar-refractivity contribution >= 4 is 21.7 Å². The number of pyridine rings is 1. The van der Waals surface area contributed by atoms with Gasteiger partial charge in [-0.15, -0.1) is 0 Å². The van der Waals surface area contributed by atoms with E-state index >= 15 is 0 Å². The van der Waals surface area contributed by atoms with Gasteiger partial charge in [-0.1, -0.05) is 170 Å². The fourth-order valence-electron chi connectivity index (χ4n) is 6.83. The minimum Gasteiger partial charge on any atom is -0.247 e. The predicted molar refractivity (Wildman–Crippen MR) is 207 cm³/mol. The van der Waals surface area contributed by atoms with Crippen molar-refractivity contribution in [2.75, 3.05) is 0 Å². The van der Waals surface area contributed by atoms with E-state index in [1.165, 1.54) is 10.9 Å². The third-order valence-electron chi connectivity index (χ3n) is 9.29. The van der Waals surface area contributed by atoms with Gasteiger partial charge >= 0.3 is 0 Å². The first-order chi connectivity index (χ1) is 24.8. The summed E-state index contributed by atoms with van der Waals surface area (Å²) < 4.78 is 0. The summed E-state index contributed by atoms with van der Waals surface area (Å²) in [7, 11) is 0. The highest BCUT2D eigenvalue weighted by Gasteiger charge is 2.16. The normalized spacial score (nSPS) is 11.2. The maximum Gasteiger partial charge on any atom is 0.160 e. The molecule has 9 aromatic rings. The molecule has 3 heteroatoms. The Morgan fingerprint density at radius 3 is 1.54 bits per heavy atom. The Labute approximate surface area is 291 Å². The second-order valence-corrected chi connectivity index (χ2v) is 12.4. The number of benzene rings is 7. The highest BCUT2D eigenvalue weighted by atomic mass is 14.9. The van der Waals surface area contributed by atoms with Gasteiger partial charge in [0, 0.05) is 38.4 Å². The van der Waals surface area contributed by atoms with Crippen molar-refractivity contribution in [2.45, 2.75) is 0 Å². The van der Waals surface area contributed by atoms with Crippen molar-refractivity contribution in [2.24, 2.45) is 0 Å². The average molecular weight is 638 g/mol. The largest absolute Gasteiger partial charge is 0.247 e. The van der Waals surface area contributed by atoms with E-state index in [-0.39, 0.29) is 0 Å². The van der Waals surface area contributed by atoms with Crippen LogP contribution in [-0.4, -0.2) is 15.0 Å². The van der Waals surface area contributed by atoms with Crippen LogP contribution >= 0.6 is 0 Å². The summed E-state index contributed by atoms with van der Waals surface area (Å²) in [5, 5.41) is 3.49. The zero-order valence-electron chi connectivity index (χ0n) is 27.2. The lowest BCUT2D eigenvalue weighted by atomic mass is 9.92. The molecule has 0 aliphatic rings. The summed E-state index contributed by atoms with van der Waals surface area (Å²) in [6, 6.07) is 65.6. The molecule has 2 heterocycles. The predicted octanol–water partition coefficient (Wildman–Crippen LogP) is 12.2. The maximum absolute atomic E-state index is 5.15. The molecule has 0 aliphatic carbocycles. The van der Waals surface area contributed by atoms with Gasteiger partial charge in [0.25, 0.3) is 0 Å². The van der Waals surface area contributed by atoms with E-state index in [9.17, 15) is 0 Å². The topological polar surface area (TPSA) is 38.7 Å². The van der Waals surface area contributed by atoms with Gasteiger partial charge in [0.05, 0.1) is 22.6 Å². The number of aromatic nitrogens is 3. The van der Waals surface area contributed by atoms with E-state index in [1.54, 1.807) is 0 Å². The molecule has 0 atom stereocenters. The molecule has 9 rings (SSSR count). The Morgan fingerprint density at radius 1 is 0.300 bits per heavy atom. The van der Waals surface area contributed by atoms with Crippen LogP contribution in [0.2, 0.25) is 0 Å². The average Bonchev–Trinajstić information content (AvgIpc) is 3.21. The van der Waals surface area contributed by atoms with Crippen molar-refractivity contribution in [3.8, 4) is 67.4 Å². The molecule has 0 fully saturated rings. The van der Waals surface area contributed by atoms with Crippen LogP contribution in [0.5, 0.6) is 0 Å². The molecule has 0 saturated carbocycles. The van der Waals surface area contributed by atoms with E-state index in [4.69, 9.17) is 15.0 Å². The van der Waals surface area contributed by atoms with Crippen molar-refractivity contribution in [3.05, 3.63) is 188 Å². The van der Waals surface area contributed by atoms with Crippen LogP contribution in [0.4, 0.5) is 0 Å². The van der Waals surface area contributed by atoms with Crippen molar-refractivity contribution < 1.29 is 0 Å². The standard InChI is InChI=1S/C47H31N3/c1-4-14-32(15-5-1)37-20-12-21-38(30-37)47-49-43(34-16-6-2-7-17-34)31-44(50-47)35-28-26-33(27-29-35)39-23-13-24-41-45(39)40-22-10-11-25-42(40)48-46(41)36-18-8-3-9-19-36/h1-31H. The summed E-state index contributed by atoms with van der Waals surface area (Å²) >= 11 is 0. The summed E-state index contributed by atoms with van der Waals surface area (Å²) in [5.74, 6) is 0.699. The zero-order valence-corrected chi connectivity index (χ0v) is 27.2. The Balaban J connectivity index is 1.17. The minimum absolute atomic E-state index is 0.699. The van der Waals surface area contributed by atoms with E-state index in [1.807, 2.05) is 30.3 Å². The Hall–Kier alpha value is -6.71. The van der Waals surface area contributed by atoms with E-state index in [0.717, 1.165) is 72.3 Å². The summed E-state index contributed by atoms with van der Waals surface area (Å²) in [4.78, 5) is 15.4. The third-order valence-corrected chi connectivity index (χ3v) is 9.29. The molecule has 234 valence electrons. The number of fused-ring (bicyclic) bond motifs is 3. The van der Waals surface area contributed by atoms with Crippen LogP contribution in [0, 0.1) is 0 Å². The molecule has 0 saturated heterocycles.